The number of epoxide rings is 1. The largest absolute Gasteiger partial charge is 0.364 e. The molecule has 1 aliphatic heterocycles. The van der Waals surface area contributed by atoms with Crippen molar-refractivity contribution in [3.63, 3.8) is 0 Å². The van der Waals surface area contributed by atoms with Gasteiger partial charge in [-0.15, -0.1) is 6.58 Å². The molecular formula is C12H16O. The fraction of sp³-hybridized carbons (Fsp3) is 0.500. The summed E-state index contributed by atoms with van der Waals surface area (Å²) in [7, 11) is 0. The lowest BCUT2D eigenvalue weighted by Gasteiger charge is -2.30. The Morgan fingerprint density at radius 1 is 1.69 bits per heavy atom. The van der Waals surface area contributed by atoms with Gasteiger partial charge in [-0.2, -0.15) is 0 Å². The molecule has 0 aromatic rings. The molecule has 0 N–H and O–H groups in total. The summed E-state index contributed by atoms with van der Waals surface area (Å²) in [5, 5.41) is 0. The Kier molecular flexibility index (Phi) is 1.92. The van der Waals surface area contributed by atoms with Gasteiger partial charge in [-0.3, -0.25) is 0 Å². The summed E-state index contributed by atoms with van der Waals surface area (Å²) in [5.74, 6) is 0. The van der Waals surface area contributed by atoms with E-state index in [2.05, 4.69) is 38.7 Å². The first-order chi connectivity index (χ1) is 6.18. The van der Waals surface area contributed by atoms with Crippen LogP contribution in [0, 0.1) is 5.41 Å². The molecule has 3 unspecified atom stereocenters. The molecule has 0 aromatic heterocycles. The molecule has 0 aromatic carbocycles. The van der Waals surface area contributed by atoms with Crippen molar-refractivity contribution in [2.75, 3.05) is 0 Å². The monoisotopic (exact) mass is 176 g/mol. The maximum Gasteiger partial charge on any atom is 0.103 e. The van der Waals surface area contributed by atoms with Crippen molar-refractivity contribution in [2.24, 2.45) is 5.41 Å². The van der Waals surface area contributed by atoms with Crippen LogP contribution in [0.25, 0.3) is 0 Å². The van der Waals surface area contributed by atoms with Crippen LogP contribution in [0.4, 0.5) is 0 Å². The molecule has 1 heteroatoms. The number of rotatable bonds is 2. The molecular weight excluding hydrogens is 160 g/mol. The van der Waals surface area contributed by atoms with Crippen LogP contribution in [0.2, 0.25) is 0 Å². The van der Waals surface area contributed by atoms with Gasteiger partial charge >= 0.3 is 0 Å². The van der Waals surface area contributed by atoms with Crippen LogP contribution in [-0.2, 0) is 4.74 Å². The highest BCUT2D eigenvalue weighted by molar-refractivity contribution is 5.29. The minimum atomic E-state index is 0.202. The zero-order valence-electron chi connectivity index (χ0n) is 8.29. The third kappa shape index (κ3) is 1.28. The Hall–Kier alpha value is -0.820. The van der Waals surface area contributed by atoms with Gasteiger partial charge in [0, 0.05) is 5.41 Å². The third-order valence-electron chi connectivity index (χ3n) is 3.31. The predicted octanol–water partition coefficient (Wildman–Crippen LogP) is 2.85. The average molecular weight is 176 g/mol. The molecule has 2 aliphatic rings. The van der Waals surface area contributed by atoms with E-state index < -0.39 is 0 Å². The van der Waals surface area contributed by atoms with Crippen LogP contribution in [0.1, 0.15) is 20.3 Å². The Morgan fingerprint density at radius 2 is 2.46 bits per heavy atom. The number of allylic oxidation sites excluding steroid dienone is 3. The molecule has 1 fully saturated rings. The van der Waals surface area contributed by atoms with Crippen molar-refractivity contribution in [3.8, 4) is 0 Å². The van der Waals surface area contributed by atoms with Crippen LogP contribution in [0.5, 0.6) is 0 Å². The van der Waals surface area contributed by atoms with Gasteiger partial charge in [0.1, 0.15) is 6.10 Å². The molecule has 2 rings (SSSR count). The van der Waals surface area contributed by atoms with Crippen molar-refractivity contribution in [2.45, 2.75) is 32.5 Å². The van der Waals surface area contributed by atoms with Crippen LogP contribution in [-0.4, -0.2) is 12.2 Å². The summed E-state index contributed by atoms with van der Waals surface area (Å²) in [5.41, 5.74) is 1.62. The lowest BCUT2D eigenvalue weighted by molar-refractivity contribution is 0.259. The molecule has 0 saturated carbocycles. The average Bonchev–Trinajstić information content (AvgIpc) is 2.89. The van der Waals surface area contributed by atoms with E-state index in [0.29, 0.717) is 6.10 Å². The van der Waals surface area contributed by atoms with Crippen molar-refractivity contribution >= 4 is 0 Å². The molecule has 1 saturated heterocycles. The fourth-order valence-electron chi connectivity index (χ4n) is 2.03. The lowest BCUT2D eigenvalue weighted by Crippen LogP contribution is -2.27. The van der Waals surface area contributed by atoms with E-state index in [4.69, 9.17) is 4.74 Å². The lowest BCUT2D eigenvalue weighted by atomic mass is 9.73. The van der Waals surface area contributed by atoms with Crippen LogP contribution in [0.3, 0.4) is 0 Å². The topological polar surface area (TPSA) is 12.5 Å². The van der Waals surface area contributed by atoms with E-state index in [-0.39, 0.29) is 11.5 Å². The second-order valence-corrected chi connectivity index (χ2v) is 4.16. The molecule has 0 amide bonds. The summed E-state index contributed by atoms with van der Waals surface area (Å²) in [6, 6.07) is 0. The summed E-state index contributed by atoms with van der Waals surface area (Å²) in [6.45, 7) is 8.22. The van der Waals surface area contributed by atoms with Gasteiger partial charge in [0.05, 0.1) is 6.10 Å². The maximum atomic E-state index is 5.59. The molecule has 3 atom stereocenters. The number of ether oxygens (including phenoxy) is 1. The highest BCUT2D eigenvalue weighted by atomic mass is 16.6. The van der Waals surface area contributed by atoms with Crippen molar-refractivity contribution in [3.05, 3.63) is 36.5 Å². The Morgan fingerprint density at radius 3 is 3.00 bits per heavy atom. The van der Waals surface area contributed by atoms with E-state index in [0.717, 1.165) is 6.42 Å². The second kappa shape index (κ2) is 2.85. The summed E-state index contributed by atoms with van der Waals surface area (Å²) >= 11 is 0. The van der Waals surface area contributed by atoms with Crippen molar-refractivity contribution in [1.82, 2.24) is 0 Å². The highest BCUT2D eigenvalue weighted by Gasteiger charge is 2.50. The van der Waals surface area contributed by atoms with E-state index in [9.17, 15) is 0 Å². The molecule has 70 valence electrons. The zero-order valence-corrected chi connectivity index (χ0v) is 8.29. The van der Waals surface area contributed by atoms with Gasteiger partial charge in [0.2, 0.25) is 0 Å². The van der Waals surface area contributed by atoms with Crippen molar-refractivity contribution in [1.29, 1.82) is 0 Å². The first kappa shape index (κ1) is 8.76. The van der Waals surface area contributed by atoms with E-state index >= 15 is 0 Å². The minimum absolute atomic E-state index is 0.202. The zero-order chi connectivity index (χ0) is 9.47. The third-order valence-corrected chi connectivity index (χ3v) is 3.31. The highest BCUT2D eigenvalue weighted by Crippen LogP contribution is 2.47. The summed E-state index contributed by atoms with van der Waals surface area (Å²) < 4.78 is 5.59. The molecule has 1 aliphatic carbocycles. The Bertz CT molecular complexity index is 287. The van der Waals surface area contributed by atoms with Crippen molar-refractivity contribution < 1.29 is 4.74 Å². The Balaban J connectivity index is 2.17. The molecule has 1 heterocycles. The number of hydrogen-bond acceptors (Lipinski definition) is 1. The van der Waals surface area contributed by atoms with Gasteiger partial charge in [-0.25, -0.2) is 0 Å². The van der Waals surface area contributed by atoms with E-state index in [1.165, 1.54) is 5.57 Å². The standard InChI is InChI=1S/C12H16O/c1-4-10-11(13-10)12(3)8-6-5-7-9(12)2/h4-7,10-11H,1,8H2,2-3H3. The Labute approximate surface area is 79.8 Å². The van der Waals surface area contributed by atoms with Gasteiger partial charge in [0.15, 0.2) is 0 Å². The van der Waals surface area contributed by atoms with Crippen LogP contribution in [0.15, 0.2) is 36.5 Å². The summed E-state index contributed by atoms with van der Waals surface area (Å²) in [4.78, 5) is 0. The van der Waals surface area contributed by atoms with Crippen LogP contribution >= 0.6 is 0 Å². The summed E-state index contributed by atoms with van der Waals surface area (Å²) in [6.07, 6.45) is 10.2. The molecule has 0 bridgehead atoms. The van der Waals surface area contributed by atoms with Crippen LogP contribution < -0.4 is 0 Å². The smallest absolute Gasteiger partial charge is 0.103 e. The first-order valence-electron chi connectivity index (χ1n) is 4.80. The van der Waals surface area contributed by atoms with E-state index in [1.54, 1.807) is 0 Å². The van der Waals surface area contributed by atoms with Gasteiger partial charge in [-0.05, 0) is 13.3 Å². The van der Waals surface area contributed by atoms with Gasteiger partial charge < -0.3 is 4.74 Å². The van der Waals surface area contributed by atoms with E-state index in [1.807, 2.05) is 6.08 Å². The SMILES string of the molecule is C=CC1OC1C1(C)CC=CC=C1C. The van der Waals surface area contributed by atoms with Gasteiger partial charge in [-0.1, -0.05) is 36.8 Å². The first-order valence-corrected chi connectivity index (χ1v) is 4.80. The van der Waals surface area contributed by atoms with Gasteiger partial charge in [0.25, 0.3) is 0 Å². The molecule has 13 heavy (non-hydrogen) atoms. The fourth-order valence-corrected chi connectivity index (χ4v) is 2.03. The maximum absolute atomic E-state index is 5.59. The quantitative estimate of drug-likeness (QED) is 0.465. The second-order valence-electron chi connectivity index (χ2n) is 4.16. The normalized spacial score (nSPS) is 42.8. The number of hydrogen-bond donors (Lipinski definition) is 0. The molecule has 0 spiro atoms. The molecule has 1 nitrogen and oxygen atoms in total. The molecule has 0 radical (unpaired) electrons. The predicted molar refractivity (Wildman–Crippen MR) is 54.5 cm³/mol. The minimum Gasteiger partial charge on any atom is -0.364 e.